The second kappa shape index (κ2) is 7.57. The third-order valence-corrected chi connectivity index (χ3v) is 7.44. The molecule has 0 aliphatic carbocycles. The van der Waals surface area contributed by atoms with Crippen LogP contribution < -0.4 is 9.80 Å². The van der Waals surface area contributed by atoms with Gasteiger partial charge in [0.15, 0.2) is 21.5 Å². The Morgan fingerprint density at radius 2 is 2.03 bits per heavy atom. The minimum absolute atomic E-state index is 0.110. The molecule has 0 amide bonds. The van der Waals surface area contributed by atoms with Crippen LogP contribution in [0.25, 0.3) is 22.3 Å². The molecule has 2 aromatic carbocycles. The fraction of sp³-hybridized carbons (Fsp3) is 0.250. The number of hydrogen-bond acceptors (Lipinski definition) is 7. The minimum Gasteiger partial charge on any atom is -0.377 e. The number of morpholine rings is 1. The molecule has 1 unspecified atom stereocenters. The van der Waals surface area contributed by atoms with E-state index in [0.717, 1.165) is 40.2 Å². The highest BCUT2D eigenvalue weighted by atomic mass is 32.2. The van der Waals surface area contributed by atoms with Gasteiger partial charge in [-0.3, -0.25) is 0 Å². The number of nitrogens with one attached hydrogen (secondary N) is 1. The van der Waals surface area contributed by atoms with Gasteiger partial charge in [-0.05, 0) is 30.3 Å². The molecule has 8 nitrogen and oxygen atoms in total. The summed E-state index contributed by atoms with van der Waals surface area (Å²) in [7, 11) is -3.32. The number of rotatable bonds is 3. The second-order valence-corrected chi connectivity index (χ2v) is 10.5. The Kier molecular flexibility index (Phi) is 4.63. The molecule has 1 N–H and O–H groups in total. The van der Waals surface area contributed by atoms with E-state index in [-0.39, 0.29) is 6.04 Å². The highest BCUT2D eigenvalue weighted by molar-refractivity contribution is 7.90. The Hall–Kier alpha value is -3.43. The van der Waals surface area contributed by atoms with E-state index in [2.05, 4.69) is 14.8 Å². The van der Waals surface area contributed by atoms with Gasteiger partial charge in [0, 0.05) is 47.7 Å². The van der Waals surface area contributed by atoms with Crippen LogP contribution in [-0.2, 0) is 14.6 Å². The maximum Gasteiger partial charge on any atom is 0.175 e. The first-order chi connectivity index (χ1) is 16.0. The van der Waals surface area contributed by atoms with Gasteiger partial charge < -0.3 is 19.5 Å². The molecular weight excluding hydrogens is 438 g/mol. The Morgan fingerprint density at radius 1 is 1.15 bits per heavy atom. The molecule has 0 saturated carbocycles. The highest BCUT2D eigenvalue weighted by Crippen LogP contribution is 2.40. The van der Waals surface area contributed by atoms with Crippen LogP contribution in [0.15, 0.2) is 65.8 Å². The molecule has 1 atom stereocenters. The molecule has 4 heterocycles. The summed E-state index contributed by atoms with van der Waals surface area (Å²) in [6.45, 7) is 2.65. The first-order valence-corrected chi connectivity index (χ1v) is 12.7. The van der Waals surface area contributed by atoms with Crippen LogP contribution in [0.1, 0.15) is 0 Å². The number of H-pyrrole nitrogens is 1. The first kappa shape index (κ1) is 20.2. The van der Waals surface area contributed by atoms with Crippen LogP contribution in [0, 0.1) is 0 Å². The Balaban J connectivity index is 1.50. The lowest BCUT2D eigenvalue weighted by Crippen LogP contribution is -2.54. The highest BCUT2D eigenvalue weighted by Gasteiger charge is 2.35. The van der Waals surface area contributed by atoms with Crippen molar-refractivity contribution < 1.29 is 13.2 Å². The van der Waals surface area contributed by atoms with Crippen molar-refractivity contribution in [3.8, 4) is 11.4 Å². The molecule has 4 aromatic rings. The Bertz CT molecular complexity index is 1470. The maximum atomic E-state index is 12.2. The largest absolute Gasteiger partial charge is 0.377 e. The molecule has 168 valence electrons. The summed E-state index contributed by atoms with van der Waals surface area (Å²) in [6, 6.07) is 15.2. The van der Waals surface area contributed by atoms with Crippen molar-refractivity contribution in [3.63, 3.8) is 0 Å². The fourth-order valence-corrected chi connectivity index (χ4v) is 5.36. The van der Waals surface area contributed by atoms with Gasteiger partial charge in [-0.15, -0.1) is 0 Å². The number of sulfone groups is 1. The van der Waals surface area contributed by atoms with Crippen molar-refractivity contribution >= 4 is 37.9 Å². The number of hydrogen-bond donors (Lipinski definition) is 1. The number of fused-ring (bicyclic) bond motifs is 4. The Morgan fingerprint density at radius 3 is 2.91 bits per heavy atom. The average Bonchev–Trinajstić information content (AvgIpc) is 3.32. The third kappa shape index (κ3) is 3.44. The summed E-state index contributed by atoms with van der Waals surface area (Å²) in [5.41, 5.74) is 3.67. The van der Waals surface area contributed by atoms with Crippen molar-refractivity contribution in [1.29, 1.82) is 0 Å². The molecular formula is C24H23N5O3S. The number of ether oxygens (including phenoxy) is 1. The van der Waals surface area contributed by atoms with E-state index < -0.39 is 9.84 Å². The molecule has 33 heavy (non-hydrogen) atoms. The van der Waals surface area contributed by atoms with E-state index in [1.807, 2.05) is 42.7 Å². The first-order valence-electron chi connectivity index (χ1n) is 10.8. The van der Waals surface area contributed by atoms with Crippen LogP contribution >= 0.6 is 0 Å². The van der Waals surface area contributed by atoms with Crippen LogP contribution in [0.3, 0.4) is 0 Å². The number of aromatic nitrogens is 3. The summed E-state index contributed by atoms with van der Waals surface area (Å²) < 4.78 is 30.1. The van der Waals surface area contributed by atoms with E-state index in [9.17, 15) is 8.42 Å². The monoisotopic (exact) mass is 461 g/mol. The van der Waals surface area contributed by atoms with E-state index in [4.69, 9.17) is 14.7 Å². The van der Waals surface area contributed by atoms with Gasteiger partial charge in [0.05, 0.1) is 30.3 Å². The maximum absolute atomic E-state index is 12.2. The van der Waals surface area contributed by atoms with E-state index in [1.54, 1.807) is 18.2 Å². The van der Waals surface area contributed by atoms with Crippen molar-refractivity contribution in [1.82, 2.24) is 15.0 Å². The SMILES string of the molecule is CS(=O)(=O)c1cccc(N2CC3COCCN3c3nc(-c4cccc5[nH]ccc45)ncc32)c1. The van der Waals surface area contributed by atoms with Crippen molar-refractivity contribution in [2.45, 2.75) is 10.9 Å². The van der Waals surface area contributed by atoms with Gasteiger partial charge in [0.1, 0.15) is 5.69 Å². The predicted molar refractivity (Wildman–Crippen MR) is 128 cm³/mol. The lowest BCUT2D eigenvalue weighted by atomic mass is 10.1. The zero-order chi connectivity index (χ0) is 22.6. The van der Waals surface area contributed by atoms with Gasteiger partial charge in [0.2, 0.25) is 0 Å². The van der Waals surface area contributed by atoms with Gasteiger partial charge in [0.25, 0.3) is 0 Å². The molecule has 2 aliphatic heterocycles. The number of benzene rings is 2. The topological polar surface area (TPSA) is 91.4 Å². The molecule has 0 spiro atoms. The quantitative estimate of drug-likeness (QED) is 0.500. The number of anilines is 3. The minimum atomic E-state index is -3.32. The summed E-state index contributed by atoms with van der Waals surface area (Å²) in [5, 5.41) is 1.07. The summed E-state index contributed by atoms with van der Waals surface area (Å²) >= 11 is 0. The smallest absolute Gasteiger partial charge is 0.175 e. The van der Waals surface area contributed by atoms with Crippen molar-refractivity contribution in [2.75, 3.05) is 42.4 Å². The predicted octanol–water partition coefficient (Wildman–Crippen LogP) is 3.39. The van der Waals surface area contributed by atoms with Crippen LogP contribution in [0.5, 0.6) is 0 Å². The van der Waals surface area contributed by atoms with Crippen LogP contribution in [-0.4, -0.2) is 62.0 Å². The zero-order valence-corrected chi connectivity index (χ0v) is 18.9. The van der Waals surface area contributed by atoms with E-state index in [1.165, 1.54) is 6.26 Å². The molecule has 1 fully saturated rings. The number of nitrogens with zero attached hydrogens (tertiary/aromatic N) is 4. The molecule has 2 aromatic heterocycles. The molecule has 0 radical (unpaired) electrons. The van der Waals surface area contributed by atoms with Gasteiger partial charge in [-0.2, -0.15) is 0 Å². The third-order valence-electron chi connectivity index (χ3n) is 6.33. The number of aromatic amines is 1. The fourth-order valence-electron chi connectivity index (χ4n) is 4.70. The molecule has 2 aliphatic rings. The molecule has 1 saturated heterocycles. The summed E-state index contributed by atoms with van der Waals surface area (Å²) in [6.07, 6.45) is 4.99. The van der Waals surface area contributed by atoms with Crippen molar-refractivity contribution in [3.05, 3.63) is 60.9 Å². The normalized spacial score (nSPS) is 18.3. The Labute approximate surface area is 191 Å². The van der Waals surface area contributed by atoms with Crippen molar-refractivity contribution in [2.24, 2.45) is 0 Å². The molecule has 0 bridgehead atoms. The van der Waals surface area contributed by atoms with Gasteiger partial charge >= 0.3 is 0 Å². The summed E-state index contributed by atoms with van der Waals surface area (Å²) in [4.78, 5) is 17.7. The molecule has 6 rings (SSSR count). The summed E-state index contributed by atoms with van der Waals surface area (Å²) in [5.74, 6) is 1.51. The standard InChI is InChI=1S/C24H23N5O3S/c1-33(30,31)18-5-2-4-16(12-18)29-14-17-15-32-11-10-28(17)24-22(29)13-26-23(27-24)20-6-3-7-21-19(20)8-9-25-21/h2-9,12-13,17,25H,10-11,14-15H2,1H3. The van der Waals surface area contributed by atoms with E-state index >= 15 is 0 Å². The lowest BCUT2D eigenvalue weighted by molar-refractivity contribution is 0.0945. The van der Waals surface area contributed by atoms with Crippen LogP contribution in [0.4, 0.5) is 17.2 Å². The second-order valence-electron chi connectivity index (χ2n) is 8.45. The molecule has 9 heteroatoms. The van der Waals surface area contributed by atoms with Gasteiger partial charge in [-0.1, -0.05) is 18.2 Å². The lowest BCUT2D eigenvalue weighted by Gasteiger charge is -2.45. The van der Waals surface area contributed by atoms with Crippen LogP contribution in [0.2, 0.25) is 0 Å². The van der Waals surface area contributed by atoms with E-state index in [0.29, 0.717) is 30.5 Å². The zero-order valence-electron chi connectivity index (χ0n) is 18.1. The van der Waals surface area contributed by atoms with Gasteiger partial charge in [-0.25, -0.2) is 18.4 Å². The average molecular weight is 462 g/mol.